The average Bonchev–Trinajstić information content (AvgIpc) is 3.25. The Labute approximate surface area is 151 Å². The molecule has 8 heteroatoms. The van der Waals surface area contributed by atoms with E-state index in [4.69, 9.17) is 4.74 Å². The van der Waals surface area contributed by atoms with Crippen LogP contribution in [-0.4, -0.2) is 62.0 Å². The maximum atomic E-state index is 12.3. The molecule has 0 aliphatic rings. The Morgan fingerprint density at radius 2 is 2.15 bits per heavy atom. The van der Waals surface area contributed by atoms with E-state index in [0.717, 1.165) is 17.6 Å². The molecular formula is C18H23N5O3. The number of aliphatic hydroxyl groups is 1. The first kappa shape index (κ1) is 18.1. The van der Waals surface area contributed by atoms with Crippen molar-refractivity contribution in [2.45, 2.75) is 20.4 Å². The van der Waals surface area contributed by atoms with Crippen molar-refractivity contribution in [3.63, 3.8) is 0 Å². The summed E-state index contributed by atoms with van der Waals surface area (Å²) in [6, 6.07) is 7.69. The van der Waals surface area contributed by atoms with Gasteiger partial charge >= 0.3 is 5.97 Å². The van der Waals surface area contributed by atoms with Gasteiger partial charge in [0.1, 0.15) is 5.56 Å². The van der Waals surface area contributed by atoms with Gasteiger partial charge in [0.05, 0.1) is 36.1 Å². The number of likely N-dealkylation sites (N-methyl/N-ethyl adjacent to an activating group) is 1. The van der Waals surface area contributed by atoms with Crippen LogP contribution in [0.4, 0.5) is 0 Å². The van der Waals surface area contributed by atoms with Crippen LogP contribution in [0.2, 0.25) is 0 Å². The number of hydrogen-bond donors (Lipinski definition) is 2. The zero-order chi connectivity index (χ0) is 18.5. The minimum Gasteiger partial charge on any atom is -0.462 e. The highest BCUT2D eigenvalue weighted by atomic mass is 16.5. The molecule has 0 spiro atoms. The number of hydrogen-bond acceptors (Lipinski definition) is 6. The van der Waals surface area contributed by atoms with Gasteiger partial charge in [0, 0.05) is 13.1 Å². The summed E-state index contributed by atoms with van der Waals surface area (Å²) < 4.78 is 6.79. The topological polar surface area (TPSA) is 96.3 Å². The van der Waals surface area contributed by atoms with E-state index in [1.54, 1.807) is 11.6 Å². The van der Waals surface area contributed by atoms with Crippen molar-refractivity contribution >= 4 is 17.0 Å². The van der Waals surface area contributed by atoms with Crippen molar-refractivity contribution in [2.75, 3.05) is 26.3 Å². The van der Waals surface area contributed by atoms with Gasteiger partial charge in [-0.1, -0.05) is 19.1 Å². The number of carbonyl (C=O) groups excluding carboxylic acids is 1. The van der Waals surface area contributed by atoms with Gasteiger partial charge in [0.25, 0.3) is 0 Å². The molecular weight excluding hydrogens is 334 g/mol. The number of nitrogens with one attached hydrogen (secondary N) is 1. The molecule has 0 aliphatic carbocycles. The SMILES string of the molecule is CCOC(=O)c1cnn(-c2nc3ccccc3[nH]2)c1CN(CC)CCO. The second kappa shape index (κ2) is 8.11. The zero-order valence-electron chi connectivity index (χ0n) is 15.0. The summed E-state index contributed by atoms with van der Waals surface area (Å²) in [5.41, 5.74) is 2.80. The summed E-state index contributed by atoms with van der Waals surface area (Å²) in [6.45, 7) is 5.79. The first-order valence-corrected chi connectivity index (χ1v) is 8.70. The average molecular weight is 357 g/mol. The summed E-state index contributed by atoms with van der Waals surface area (Å²) in [5, 5.41) is 13.6. The standard InChI is InChI=1S/C18H23N5O3/c1-3-22(9-10-24)12-16-13(17(25)26-4-2)11-19-23(16)18-20-14-7-5-6-8-15(14)21-18/h5-8,11,24H,3-4,9-10,12H2,1-2H3,(H,20,21). The normalized spacial score (nSPS) is 11.4. The van der Waals surface area contributed by atoms with Crippen LogP contribution in [0.1, 0.15) is 29.9 Å². The molecule has 3 aromatic rings. The van der Waals surface area contributed by atoms with Gasteiger partial charge in [0.2, 0.25) is 5.95 Å². The van der Waals surface area contributed by atoms with E-state index in [0.29, 0.717) is 36.9 Å². The smallest absolute Gasteiger partial charge is 0.341 e. The lowest BCUT2D eigenvalue weighted by molar-refractivity contribution is 0.0523. The summed E-state index contributed by atoms with van der Waals surface area (Å²) in [4.78, 5) is 22.2. The molecule has 0 saturated carbocycles. The fourth-order valence-corrected chi connectivity index (χ4v) is 2.83. The van der Waals surface area contributed by atoms with E-state index >= 15 is 0 Å². The van der Waals surface area contributed by atoms with E-state index in [-0.39, 0.29) is 6.61 Å². The highest BCUT2D eigenvalue weighted by molar-refractivity contribution is 5.90. The molecule has 2 N–H and O–H groups in total. The predicted octanol–water partition coefficient (Wildman–Crippen LogP) is 1.74. The van der Waals surface area contributed by atoms with Gasteiger partial charge < -0.3 is 14.8 Å². The van der Waals surface area contributed by atoms with Crippen LogP contribution in [0.5, 0.6) is 0 Å². The maximum absolute atomic E-state index is 12.3. The monoisotopic (exact) mass is 357 g/mol. The largest absolute Gasteiger partial charge is 0.462 e. The van der Waals surface area contributed by atoms with Crippen LogP contribution in [0.15, 0.2) is 30.5 Å². The van der Waals surface area contributed by atoms with Gasteiger partial charge in [-0.2, -0.15) is 5.10 Å². The number of para-hydroxylation sites is 2. The summed E-state index contributed by atoms with van der Waals surface area (Å²) in [5.74, 6) is 0.127. The van der Waals surface area contributed by atoms with Crippen LogP contribution in [0.25, 0.3) is 17.0 Å². The number of H-pyrrole nitrogens is 1. The number of ether oxygens (including phenoxy) is 1. The number of imidazole rings is 1. The molecule has 138 valence electrons. The molecule has 0 amide bonds. The molecule has 0 unspecified atom stereocenters. The Hall–Kier alpha value is -2.71. The van der Waals surface area contributed by atoms with Crippen molar-refractivity contribution in [2.24, 2.45) is 0 Å². The Balaban J connectivity index is 2.04. The van der Waals surface area contributed by atoms with Gasteiger partial charge in [-0.15, -0.1) is 0 Å². The van der Waals surface area contributed by atoms with E-state index in [1.807, 2.05) is 36.1 Å². The third kappa shape index (κ3) is 3.61. The zero-order valence-corrected chi connectivity index (χ0v) is 15.0. The number of aliphatic hydroxyl groups excluding tert-OH is 1. The third-order valence-corrected chi connectivity index (χ3v) is 4.18. The van der Waals surface area contributed by atoms with Gasteiger partial charge in [0.15, 0.2) is 0 Å². The Morgan fingerprint density at radius 1 is 1.35 bits per heavy atom. The van der Waals surface area contributed by atoms with Crippen molar-refractivity contribution in [1.82, 2.24) is 24.6 Å². The molecule has 0 saturated heterocycles. The molecule has 0 radical (unpaired) electrons. The second-order valence-corrected chi connectivity index (χ2v) is 5.81. The molecule has 2 heterocycles. The Bertz CT molecular complexity index is 853. The Morgan fingerprint density at radius 3 is 2.85 bits per heavy atom. The summed E-state index contributed by atoms with van der Waals surface area (Å²) in [7, 11) is 0. The van der Waals surface area contributed by atoms with Crippen LogP contribution < -0.4 is 0 Å². The highest BCUT2D eigenvalue weighted by Gasteiger charge is 2.22. The lowest BCUT2D eigenvalue weighted by Crippen LogP contribution is -2.28. The lowest BCUT2D eigenvalue weighted by atomic mass is 10.2. The molecule has 0 fully saturated rings. The predicted molar refractivity (Wildman–Crippen MR) is 97.2 cm³/mol. The highest BCUT2D eigenvalue weighted by Crippen LogP contribution is 2.19. The quantitative estimate of drug-likeness (QED) is 0.596. The molecule has 0 bridgehead atoms. The lowest BCUT2D eigenvalue weighted by Gasteiger charge is -2.20. The van der Waals surface area contributed by atoms with Crippen molar-refractivity contribution in [1.29, 1.82) is 0 Å². The fourth-order valence-electron chi connectivity index (χ4n) is 2.83. The minimum atomic E-state index is -0.412. The Kier molecular flexibility index (Phi) is 5.65. The van der Waals surface area contributed by atoms with Crippen molar-refractivity contribution < 1.29 is 14.6 Å². The van der Waals surface area contributed by atoms with Gasteiger partial charge in [-0.3, -0.25) is 4.90 Å². The van der Waals surface area contributed by atoms with Crippen molar-refractivity contribution in [3.05, 3.63) is 41.7 Å². The van der Waals surface area contributed by atoms with Gasteiger partial charge in [-0.05, 0) is 25.6 Å². The summed E-state index contributed by atoms with van der Waals surface area (Å²) >= 11 is 0. The molecule has 3 rings (SSSR count). The number of aromatic nitrogens is 4. The molecule has 8 nitrogen and oxygen atoms in total. The van der Waals surface area contributed by atoms with Gasteiger partial charge in [-0.25, -0.2) is 14.5 Å². The molecule has 1 aromatic carbocycles. The number of rotatable bonds is 8. The van der Waals surface area contributed by atoms with Crippen LogP contribution in [0.3, 0.4) is 0 Å². The number of esters is 1. The van der Waals surface area contributed by atoms with Crippen LogP contribution >= 0.6 is 0 Å². The first-order chi connectivity index (χ1) is 12.7. The number of aromatic amines is 1. The summed E-state index contributed by atoms with van der Waals surface area (Å²) in [6.07, 6.45) is 1.51. The number of carbonyl (C=O) groups is 1. The van der Waals surface area contributed by atoms with Crippen LogP contribution in [-0.2, 0) is 11.3 Å². The number of benzene rings is 1. The molecule has 0 aliphatic heterocycles. The van der Waals surface area contributed by atoms with E-state index < -0.39 is 5.97 Å². The number of nitrogens with zero attached hydrogens (tertiary/aromatic N) is 4. The second-order valence-electron chi connectivity index (χ2n) is 5.81. The van der Waals surface area contributed by atoms with Crippen LogP contribution in [0, 0.1) is 0 Å². The third-order valence-electron chi connectivity index (χ3n) is 4.18. The fraction of sp³-hybridized carbons (Fsp3) is 0.389. The number of fused-ring (bicyclic) bond motifs is 1. The first-order valence-electron chi connectivity index (χ1n) is 8.70. The maximum Gasteiger partial charge on any atom is 0.341 e. The minimum absolute atomic E-state index is 0.0430. The van der Waals surface area contributed by atoms with E-state index in [9.17, 15) is 9.90 Å². The van der Waals surface area contributed by atoms with E-state index in [2.05, 4.69) is 15.1 Å². The molecule has 0 atom stereocenters. The van der Waals surface area contributed by atoms with E-state index in [1.165, 1.54) is 6.20 Å². The molecule has 2 aromatic heterocycles. The molecule has 26 heavy (non-hydrogen) atoms. The van der Waals surface area contributed by atoms with Crippen molar-refractivity contribution in [3.8, 4) is 5.95 Å².